The van der Waals surface area contributed by atoms with E-state index in [1.807, 2.05) is 42.5 Å². The van der Waals surface area contributed by atoms with E-state index >= 15 is 0 Å². The molecule has 2 N–H and O–H groups in total. The van der Waals surface area contributed by atoms with Crippen LogP contribution in [0.3, 0.4) is 0 Å². The molecule has 164 valence electrons. The molecule has 0 bridgehead atoms. The highest BCUT2D eigenvalue weighted by atomic mass is 35.5. The lowest BCUT2D eigenvalue weighted by Crippen LogP contribution is -2.36. The number of benzene rings is 2. The highest BCUT2D eigenvalue weighted by Gasteiger charge is 2.15. The van der Waals surface area contributed by atoms with E-state index in [0.717, 1.165) is 41.2 Å². The van der Waals surface area contributed by atoms with Gasteiger partial charge in [0, 0.05) is 52.8 Å². The van der Waals surface area contributed by atoms with Crippen LogP contribution >= 0.6 is 23.8 Å². The lowest BCUT2D eigenvalue weighted by molar-refractivity contribution is 0.415. The number of nitrogens with one attached hydrogen (secondary N) is 2. The molecule has 2 aromatic heterocycles. The number of H-pyrrole nitrogens is 1. The number of nitrogens with zero attached hydrogens (tertiary/aromatic N) is 2. The summed E-state index contributed by atoms with van der Waals surface area (Å²) in [6, 6.07) is 17.7. The summed E-state index contributed by atoms with van der Waals surface area (Å²) in [5, 5.41) is 5.83. The Balaban J connectivity index is 1.57. The summed E-state index contributed by atoms with van der Waals surface area (Å²) in [4.78, 5) is 9.78. The first kappa shape index (κ1) is 22.1. The number of pyridine rings is 1. The third-order valence-corrected chi connectivity index (χ3v) is 6.04. The van der Waals surface area contributed by atoms with Gasteiger partial charge in [-0.3, -0.25) is 4.98 Å². The number of methoxy groups -OCH3 is 1. The van der Waals surface area contributed by atoms with Crippen molar-refractivity contribution in [2.75, 3.05) is 19.0 Å². The summed E-state index contributed by atoms with van der Waals surface area (Å²) in [6.07, 6.45) is 4.44. The molecule has 0 aliphatic carbocycles. The van der Waals surface area contributed by atoms with Crippen LogP contribution in [0.2, 0.25) is 5.02 Å². The molecule has 0 saturated heterocycles. The zero-order chi connectivity index (χ0) is 22.5. The molecule has 7 heteroatoms. The Morgan fingerprint density at radius 2 is 1.97 bits per heavy atom. The van der Waals surface area contributed by atoms with Gasteiger partial charge in [-0.15, -0.1) is 0 Å². The van der Waals surface area contributed by atoms with Crippen molar-refractivity contribution in [1.82, 2.24) is 14.9 Å². The van der Waals surface area contributed by atoms with Crippen molar-refractivity contribution in [2.45, 2.75) is 19.9 Å². The summed E-state index contributed by atoms with van der Waals surface area (Å²) in [5.41, 5.74) is 5.55. The number of hydrogen-bond donors (Lipinski definition) is 2. The van der Waals surface area contributed by atoms with Crippen LogP contribution in [0.5, 0.6) is 5.75 Å². The van der Waals surface area contributed by atoms with Gasteiger partial charge in [0.25, 0.3) is 0 Å². The van der Waals surface area contributed by atoms with E-state index in [1.165, 1.54) is 10.9 Å². The first-order valence-electron chi connectivity index (χ1n) is 10.4. The van der Waals surface area contributed by atoms with E-state index < -0.39 is 0 Å². The highest BCUT2D eigenvalue weighted by molar-refractivity contribution is 7.80. The maximum Gasteiger partial charge on any atom is 0.173 e. The molecule has 32 heavy (non-hydrogen) atoms. The van der Waals surface area contributed by atoms with Crippen LogP contribution in [0, 0.1) is 6.92 Å². The maximum absolute atomic E-state index is 6.15. The lowest BCUT2D eigenvalue weighted by atomic mass is 10.1. The van der Waals surface area contributed by atoms with Crippen LogP contribution in [-0.4, -0.2) is 33.6 Å². The largest absolute Gasteiger partial charge is 0.497 e. The average molecular weight is 465 g/mol. The predicted molar refractivity (Wildman–Crippen MR) is 136 cm³/mol. The van der Waals surface area contributed by atoms with E-state index in [2.05, 4.69) is 39.2 Å². The van der Waals surface area contributed by atoms with Crippen molar-refractivity contribution in [3.8, 4) is 5.75 Å². The van der Waals surface area contributed by atoms with Crippen LogP contribution in [0.4, 0.5) is 5.69 Å². The summed E-state index contributed by atoms with van der Waals surface area (Å²) >= 11 is 11.9. The van der Waals surface area contributed by atoms with Crippen LogP contribution in [0.25, 0.3) is 10.9 Å². The second-order valence-corrected chi connectivity index (χ2v) is 8.43. The number of halogens is 1. The van der Waals surface area contributed by atoms with Crippen molar-refractivity contribution >= 4 is 45.5 Å². The molecule has 4 rings (SSSR count). The summed E-state index contributed by atoms with van der Waals surface area (Å²) < 4.78 is 5.43. The number of aromatic nitrogens is 2. The Labute approximate surface area is 198 Å². The Morgan fingerprint density at radius 3 is 2.72 bits per heavy atom. The van der Waals surface area contributed by atoms with Gasteiger partial charge in [0.1, 0.15) is 5.75 Å². The second kappa shape index (κ2) is 10.0. The number of hydrogen-bond acceptors (Lipinski definition) is 3. The fourth-order valence-electron chi connectivity index (χ4n) is 3.79. The van der Waals surface area contributed by atoms with Gasteiger partial charge < -0.3 is 19.9 Å². The standard InChI is InChI=1S/C25H25ClN4OS/c1-17-22(23-15-21(31-2)6-7-24(23)28-17)10-13-30(16-18-8-11-27-12-9-18)25(32)29-20-5-3-4-19(26)14-20/h3-9,11-12,14-15,28H,10,13,16H2,1-2H3,(H,29,32). The Kier molecular flexibility index (Phi) is 6.93. The molecule has 0 fully saturated rings. The van der Waals surface area contributed by atoms with Crippen molar-refractivity contribution in [3.05, 3.63) is 88.8 Å². The van der Waals surface area contributed by atoms with Gasteiger partial charge in [-0.05, 0) is 85.2 Å². The normalized spacial score (nSPS) is 10.8. The Morgan fingerprint density at radius 1 is 1.16 bits per heavy atom. The van der Waals surface area contributed by atoms with Crippen molar-refractivity contribution in [1.29, 1.82) is 0 Å². The topological polar surface area (TPSA) is 53.2 Å². The summed E-state index contributed by atoms with van der Waals surface area (Å²) in [6.45, 7) is 3.54. The van der Waals surface area contributed by atoms with Gasteiger partial charge in [-0.25, -0.2) is 0 Å². The van der Waals surface area contributed by atoms with Crippen molar-refractivity contribution in [2.24, 2.45) is 0 Å². The number of ether oxygens (including phenoxy) is 1. The molecule has 0 aliphatic rings. The molecule has 5 nitrogen and oxygen atoms in total. The molecular formula is C25H25ClN4OS. The SMILES string of the molecule is COc1ccc2[nH]c(C)c(CCN(Cc3ccncc3)C(=S)Nc3cccc(Cl)c3)c2c1. The van der Waals surface area contributed by atoms with Gasteiger partial charge in [0.2, 0.25) is 0 Å². The van der Waals surface area contributed by atoms with E-state index in [4.69, 9.17) is 28.6 Å². The van der Waals surface area contributed by atoms with Gasteiger partial charge in [0.05, 0.1) is 7.11 Å². The minimum absolute atomic E-state index is 0.652. The lowest BCUT2D eigenvalue weighted by Gasteiger charge is -2.26. The molecule has 0 amide bonds. The molecule has 2 aromatic carbocycles. The Hall–Kier alpha value is -3.09. The molecule has 0 spiro atoms. The number of aryl methyl sites for hydroxylation is 1. The first-order chi connectivity index (χ1) is 15.5. The third kappa shape index (κ3) is 5.21. The highest BCUT2D eigenvalue weighted by Crippen LogP contribution is 2.27. The number of anilines is 1. The van der Waals surface area contributed by atoms with Crippen molar-refractivity contribution in [3.63, 3.8) is 0 Å². The molecule has 0 saturated carbocycles. The smallest absolute Gasteiger partial charge is 0.173 e. The average Bonchev–Trinajstić information content (AvgIpc) is 3.11. The maximum atomic E-state index is 6.15. The minimum atomic E-state index is 0.652. The van der Waals surface area contributed by atoms with E-state index in [1.54, 1.807) is 19.5 Å². The second-order valence-electron chi connectivity index (χ2n) is 7.61. The third-order valence-electron chi connectivity index (χ3n) is 5.44. The van der Waals surface area contributed by atoms with E-state index in [-0.39, 0.29) is 0 Å². The zero-order valence-corrected chi connectivity index (χ0v) is 19.6. The fraction of sp³-hybridized carbons (Fsp3) is 0.200. The quantitative estimate of drug-likeness (QED) is 0.330. The van der Waals surface area contributed by atoms with Gasteiger partial charge >= 0.3 is 0 Å². The molecule has 0 unspecified atom stereocenters. The number of aromatic amines is 1. The van der Waals surface area contributed by atoms with Crippen LogP contribution in [0.15, 0.2) is 67.0 Å². The van der Waals surface area contributed by atoms with Gasteiger partial charge in [-0.1, -0.05) is 17.7 Å². The fourth-order valence-corrected chi connectivity index (χ4v) is 4.25. The van der Waals surface area contributed by atoms with Crippen LogP contribution in [-0.2, 0) is 13.0 Å². The van der Waals surface area contributed by atoms with Gasteiger partial charge in [0.15, 0.2) is 5.11 Å². The predicted octanol–water partition coefficient (Wildman–Crippen LogP) is 5.98. The van der Waals surface area contributed by atoms with Crippen LogP contribution in [0.1, 0.15) is 16.8 Å². The molecule has 0 aliphatic heterocycles. The minimum Gasteiger partial charge on any atom is -0.497 e. The molecular weight excluding hydrogens is 440 g/mol. The number of rotatable bonds is 7. The van der Waals surface area contributed by atoms with Crippen LogP contribution < -0.4 is 10.1 Å². The van der Waals surface area contributed by atoms with Crippen molar-refractivity contribution < 1.29 is 4.74 Å². The van der Waals surface area contributed by atoms with E-state index in [0.29, 0.717) is 16.7 Å². The van der Waals surface area contributed by atoms with E-state index in [9.17, 15) is 0 Å². The summed E-state index contributed by atoms with van der Waals surface area (Å²) in [7, 11) is 1.69. The zero-order valence-electron chi connectivity index (χ0n) is 18.1. The Bertz CT molecular complexity index is 1230. The molecule has 0 atom stereocenters. The molecule has 2 heterocycles. The number of thiocarbonyl (C=S) groups is 1. The molecule has 4 aromatic rings. The first-order valence-corrected chi connectivity index (χ1v) is 11.2. The number of fused-ring (bicyclic) bond motifs is 1. The monoisotopic (exact) mass is 464 g/mol. The summed E-state index contributed by atoms with van der Waals surface area (Å²) in [5.74, 6) is 0.851. The van der Waals surface area contributed by atoms with Gasteiger partial charge in [-0.2, -0.15) is 0 Å². The molecule has 0 radical (unpaired) electrons.